The summed E-state index contributed by atoms with van der Waals surface area (Å²) in [4.78, 5) is 12.4. The van der Waals surface area contributed by atoms with E-state index in [2.05, 4.69) is 66.0 Å². The number of carbonyl (C=O) groups is 1. The summed E-state index contributed by atoms with van der Waals surface area (Å²) in [7, 11) is 0. The molecule has 0 saturated carbocycles. The SMILES string of the molecule is CCC(C)(C)C(=O)Nc1ccc(C(c2ccccc2)c2ccccc2)cc1. The van der Waals surface area contributed by atoms with E-state index in [0.717, 1.165) is 12.1 Å². The van der Waals surface area contributed by atoms with Gasteiger partial charge in [0, 0.05) is 17.0 Å². The van der Waals surface area contributed by atoms with Gasteiger partial charge in [-0.3, -0.25) is 4.79 Å². The van der Waals surface area contributed by atoms with Crippen molar-refractivity contribution in [2.24, 2.45) is 5.41 Å². The maximum Gasteiger partial charge on any atom is 0.230 e. The summed E-state index contributed by atoms with van der Waals surface area (Å²) in [6.07, 6.45) is 0.807. The number of hydrogen-bond acceptors (Lipinski definition) is 1. The van der Waals surface area contributed by atoms with Gasteiger partial charge in [0.15, 0.2) is 0 Å². The van der Waals surface area contributed by atoms with E-state index in [0.29, 0.717) is 0 Å². The van der Waals surface area contributed by atoms with Crippen molar-refractivity contribution in [2.45, 2.75) is 33.1 Å². The minimum Gasteiger partial charge on any atom is -0.326 e. The third-order valence-corrected chi connectivity index (χ3v) is 5.27. The molecule has 0 aromatic heterocycles. The molecule has 0 unspecified atom stereocenters. The number of hydrogen-bond donors (Lipinski definition) is 1. The highest BCUT2D eigenvalue weighted by molar-refractivity contribution is 5.94. The molecule has 2 nitrogen and oxygen atoms in total. The summed E-state index contributed by atoms with van der Waals surface area (Å²) in [5.74, 6) is 0.227. The van der Waals surface area contributed by atoms with Gasteiger partial charge in [0.05, 0.1) is 0 Å². The Kier molecular flexibility index (Phi) is 5.75. The molecule has 2 heteroatoms. The second-order valence-electron chi connectivity index (χ2n) is 7.57. The van der Waals surface area contributed by atoms with Gasteiger partial charge < -0.3 is 5.32 Å². The molecule has 0 fully saturated rings. The Labute approximate surface area is 162 Å². The average molecular weight is 357 g/mol. The van der Waals surface area contributed by atoms with E-state index >= 15 is 0 Å². The smallest absolute Gasteiger partial charge is 0.230 e. The van der Waals surface area contributed by atoms with Gasteiger partial charge in [0.25, 0.3) is 0 Å². The monoisotopic (exact) mass is 357 g/mol. The summed E-state index contributed by atoms with van der Waals surface area (Å²) in [5.41, 5.74) is 4.19. The summed E-state index contributed by atoms with van der Waals surface area (Å²) < 4.78 is 0. The van der Waals surface area contributed by atoms with E-state index < -0.39 is 0 Å². The Morgan fingerprint density at radius 2 is 1.22 bits per heavy atom. The predicted molar refractivity (Wildman–Crippen MR) is 113 cm³/mol. The highest BCUT2D eigenvalue weighted by Gasteiger charge is 2.25. The highest BCUT2D eigenvalue weighted by atomic mass is 16.2. The van der Waals surface area contributed by atoms with Crippen molar-refractivity contribution in [3.63, 3.8) is 0 Å². The van der Waals surface area contributed by atoms with Crippen molar-refractivity contribution < 1.29 is 4.79 Å². The number of amides is 1. The molecule has 3 rings (SSSR count). The lowest BCUT2D eigenvalue weighted by Gasteiger charge is -2.22. The number of nitrogens with one attached hydrogen (secondary N) is 1. The minimum absolute atomic E-state index is 0.0559. The Balaban J connectivity index is 1.90. The molecule has 0 aliphatic heterocycles. The summed E-state index contributed by atoms with van der Waals surface area (Å²) in [5, 5.41) is 3.04. The van der Waals surface area contributed by atoms with Gasteiger partial charge in [0.1, 0.15) is 0 Å². The Morgan fingerprint density at radius 1 is 0.778 bits per heavy atom. The fourth-order valence-corrected chi connectivity index (χ4v) is 3.09. The van der Waals surface area contributed by atoms with Crippen LogP contribution in [0.3, 0.4) is 0 Å². The molecule has 1 amide bonds. The van der Waals surface area contributed by atoms with Gasteiger partial charge in [-0.25, -0.2) is 0 Å². The lowest BCUT2D eigenvalue weighted by atomic mass is 9.85. The van der Waals surface area contributed by atoms with E-state index in [4.69, 9.17) is 0 Å². The zero-order valence-corrected chi connectivity index (χ0v) is 16.3. The van der Waals surface area contributed by atoms with Crippen LogP contribution in [-0.4, -0.2) is 5.91 Å². The summed E-state index contributed by atoms with van der Waals surface area (Å²) in [6, 6.07) is 29.3. The molecule has 0 aliphatic rings. The lowest BCUT2D eigenvalue weighted by molar-refractivity contribution is -0.124. The topological polar surface area (TPSA) is 29.1 Å². The van der Waals surface area contributed by atoms with Crippen LogP contribution in [0.25, 0.3) is 0 Å². The van der Waals surface area contributed by atoms with Crippen molar-refractivity contribution in [1.29, 1.82) is 0 Å². The van der Waals surface area contributed by atoms with Crippen LogP contribution >= 0.6 is 0 Å². The van der Waals surface area contributed by atoms with Crippen molar-refractivity contribution in [3.8, 4) is 0 Å². The van der Waals surface area contributed by atoms with Gasteiger partial charge in [0.2, 0.25) is 5.91 Å². The quantitative estimate of drug-likeness (QED) is 0.520. The van der Waals surface area contributed by atoms with Gasteiger partial charge in [-0.15, -0.1) is 0 Å². The predicted octanol–water partition coefficient (Wildman–Crippen LogP) is 6.24. The van der Waals surface area contributed by atoms with Gasteiger partial charge in [-0.2, -0.15) is 0 Å². The Bertz CT molecular complexity index is 828. The molecule has 27 heavy (non-hydrogen) atoms. The zero-order valence-electron chi connectivity index (χ0n) is 16.3. The highest BCUT2D eigenvalue weighted by Crippen LogP contribution is 2.32. The molecule has 0 heterocycles. The first kappa shape index (κ1) is 18.9. The minimum atomic E-state index is -0.366. The fourth-order valence-electron chi connectivity index (χ4n) is 3.09. The maximum absolute atomic E-state index is 12.4. The molecule has 0 spiro atoms. The van der Waals surface area contributed by atoms with E-state index in [-0.39, 0.29) is 17.2 Å². The first-order chi connectivity index (χ1) is 13.0. The first-order valence-corrected chi connectivity index (χ1v) is 9.52. The van der Waals surface area contributed by atoms with Crippen LogP contribution in [-0.2, 0) is 4.79 Å². The Hall–Kier alpha value is -2.87. The molecule has 0 aliphatic carbocycles. The van der Waals surface area contributed by atoms with Crippen molar-refractivity contribution >= 4 is 11.6 Å². The summed E-state index contributed by atoms with van der Waals surface area (Å²) >= 11 is 0. The van der Waals surface area contributed by atoms with Gasteiger partial charge in [-0.1, -0.05) is 93.6 Å². The largest absolute Gasteiger partial charge is 0.326 e. The van der Waals surface area contributed by atoms with Crippen LogP contribution in [0, 0.1) is 5.41 Å². The third kappa shape index (κ3) is 4.46. The molecule has 0 saturated heterocycles. The van der Waals surface area contributed by atoms with E-state index in [9.17, 15) is 4.79 Å². The molecule has 0 radical (unpaired) electrons. The van der Waals surface area contributed by atoms with E-state index in [1.807, 2.05) is 45.0 Å². The van der Waals surface area contributed by atoms with Crippen LogP contribution in [0.4, 0.5) is 5.69 Å². The number of benzene rings is 3. The second-order valence-corrected chi connectivity index (χ2v) is 7.57. The molecule has 3 aromatic carbocycles. The van der Waals surface area contributed by atoms with Crippen LogP contribution in [0.5, 0.6) is 0 Å². The number of rotatable bonds is 6. The van der Waals surface area contributed by atoms with Crippen LogP contribution < -0.4 is 5.32 Å². The van der Waals surface area contributed by atoms with Crippen molar-refractivity contribution in [3.05, 3.63) is 102 Å². The van der Waals surface area contributed by atoms with Crippen LogP contribution in [0.15, 0.2) is 84.9 Å². The second kappa shape index (κ2) is 8.22. The van der Waals surface area contributed by atoms with E-state index in [1.165, 1.54) is 16.7 Å². The van der Waals surface area contributed by atoms with E-state index in [1.54, 1.807) is 0 Å². The average Bonchev–Trinajstić information content (AvgIpc) is 2.71. The standard InChI is InChI=1S/C25H27NO/c1-4-25(2,3)24(27)26-22-17-15-21(16-18-22)23(19-11-7-5-8-12-19)20-13-9-6-10-14-20/h5-18,23H,4H2,1-3H3,(H,26,27). The molecule has 0 bridgehead atoms. The van der Waals surface area contributed by atoms with Crippen molar-refractivity contribution in [2.75, 3.05) is 5.32 Å². The fraction of sp³-hybridized carbons (Fsp3) is 0.240. The molecule has 1 N–H and O–H groups in total. The Morgan fingerprint density at radius 3 is 1.67 bits per heavy atom. The molecule has 3 aromatic rings. The van der Waals surface area contributed by atoms with Gasteiger partial charge in [-0.05, 0) is 35.2 Å². The van der Waals surface area contributed by atoms with Gasteiger partial charge >= 0.3 is 0 Å². The number of carbonyl (C=O) groups excluding carboxylic acids is 1. The molecule has 138 valence electrons. The molecular formula is C25H27NO. The third-order valence-electron chi connectivity index (χ3n) is 5.27. The first-order valence-electron chi connectivity index (χ1n) is 9.52. The zero-order chi connectivity index (χ0) is 19.3. The lowest BCUT2D eigenvalue weighted by Crippen LogP contribution is -2.29. The maximum atomic E-state index is 12.4. The van der Waals surface area contributed by atoms with Crippen molar-refractivity contribution in [1.82, 2.24) is 0 Å². The number of anilines is 1. The van der Waals surface area contributed by atoms with Crippen LogP contribution in [0.1, 0.15) is 49.8 Å². The van der Waals surface area contributed by atoms with Crippen LogP contribution in [0.2, 0.25) is 0 Å². The summed E-state index contributed by atoms with van der Waals surface area (Å²) in [6.45, 7) is 5.97. The molecule has 0 atom stereocenters. The molecular weight excluding hydrogens is 330 g/mol. The normalized spacial score (nSPS) is 11.4.